The normalized spacial score (nSPS) is 11.1. The molecule has 0 heterocycles. The van der Waals surface area contributed by atoms with E-state index in [1.807, 2.05) is 24.3 Å². The number of methoxy groups -OCH3 is 1. The number of nitrogens with one attached hydrogen (secondary N) is 1. The second-order valence-electron chi connectivity index (χ2n) is 5.31. The van der Waals surface area contributed by atoms with Crippen LogP contribution >= 0.6 is 0 Å². The molecular formula is C18H21NO4S. The number of rotatable bonds is 7. The number of hydrogen-bond acceptors (Lipinski definition) is 4. The largest absolute Gasteiger partial charge is 0.496 e. The number of amides is 1. The molecule has 0 aromatic heterocycles. The van der Waals surface area contributed by atoms with Gasteiger partial charge in [-0.25, -0.2) is 8.42 Å². The molecule has 0 aliphatic carbocycles. The van der Waals surface area contributed by atoms with Gasteiger partial charge in [0.05, 0.1) is 24.2 Å². The van der Waals surface area contributed by atoms with Crippen LogP contribution in [0.3, 0.4) is 0 Å². The zero-order valence-electron chi connectivity index (χ0n) is 13.8. The lowest BCUT2D eigenvalue weighted by Crippen LogP contribution is -2.24. The number of para-hydroxylation sites is 1. The van der Waals surface area contributed by atoms with Gasteiger partial charge in [-0.2, -0.15) is 0 Å². The number of hydrogen-bond donors (Lipinski definition) is 1. The SMILES string of the molecule is CCS(=O)(=O)c1ccc(CNC(=O)Cc2ccccc2OC)cc1. The molecule has 2 aromatic carbocycles. The van der Waals surface area contributed by atoms with Crippen LogP contribution in [0.15, 0.2) is 53.4 Å². The molecule has 0 atom stereocenters. The summed E-state index contributed by atoms with van der Waals surface area (Å²) in [4.78, 5) is 12.4. The van der Waals surface area contributed by atoms with E-state index in [4.69, 9.17) is 4.74 Å². The molecule has 0 fully saturated rings. The first-order valence-corrected chi connectivity index (χ1v) is 9.31. The number of carbonyl (C=O) groups excluding carboxylic acids is 1. The Morgan fingerprint density at radius 3 is 2.38 bits per heavy atom. The molecule has 0 saturated heterocycles. The van der Waals surface area contributed by atoms with E-state index in [2.05, 4.69) is 5.32 Å². The van der Waals surface area contributed by atoms with Crippen LogP contribution in [0.1, 0.15) is 18.1 Å². The molecular weight excluding hydrogens is 326 g/mol. The minimum atomic E-state index is -3.20. The predicted molar refractivity (Wildman–Crippen MR) is 92.7 cm³/mol. The van der Waals surface area contributed by atoms with Gasteiger partial charge in [-0.15, -0.1) is 0 Å². The molecule has 0 saturated carbocycles. The topological polar surface area (TPSA) is 72.5 Å². The van der Waals surface area contributed by atoms with Gasteiger partial charge in [0.1, 0.15) is 5.75 Å². The second kappa shape index (κ2) is 7.97. The molecule has 0 spiro atoms. The van der Waals surface area contributed by atoms with E-state index in [1.165, 1.54) is 0 Å². The van der Waals surface area contributed by atoms with E-state index in [9.17, 15) is 13.2 Å². The van der Waals surface area contributed by atoms with Crippen LogP contribution < -0.4 is 10.1 Å². The number of carbonyl (C=O) groups is 1. The molecule has 0 aliphatic heterocycles. The van der Waals surface area contributed by atoms with Crippen molar-refractivity contribution in [1.29, 1.82) is 0 Å². The van der Waals surface area contributed by atoms with Crippen molar-refractivity contribution >= 4 is 15.7 Å². The Morgan fingerprint density at radius 2 is 1.75 bits per heavy atom. The highest BCUT2D eigenvalue weighted by atomic mass is 32.2. The van der Waals surface area contributed by atoms with Gasteiger partial charge in [0.25, 0.3) is 0 Å². The van der Waals surface area contributed by atoms with E-state index in [0.29, 0.717) is 17.2 Å². The molecule has 6 heteroatoms. The molecule has 128 valence electrons. The van der Waals surface area contributed by atoms with E-state index in [0.717, 1.165) is 11.1 Å². The highest BCUT2D eigenvalue weighted by Gasteiger charge is 2.11. The van der Waals surface area contributed by atoms with Crippen LogP contribution in [0.25, 0.3) is 0 Å². The van der Waals surface area contributed by atoms with E-state index >= 15 is 0 Å². The average molecular weight is 347 g/mol. The van der Waals surface area contributed by atoms with E-state index in [1.54, 1.807) is 38.3 Å². The third-order valence-corrected chi connectivity index (χ3v) is 5.45. The fourth-order valence-electron chi connectivity index (χ4n) is 2.27. The van der Waals surface area contributed by atoms with Gasteiger partial charge in [0.2, 0.25) is 5.91 Å². The highest BCUT2D eigenvalue weighted by molar-refractivity contribution is 7.91. The molecule has 0 unspecified atom stereocenters. The molecule has 5 nitrogen and oxygen atoms in total. The van der Waals surface area contributed by atoms with Crippen molar-refractivity contribution in [2.75, 3.05) is 12.9 Å². The lowest BCUT2D eigenvalue weighted by molar-refractivity contribution is -0.120. The summed E-state index contributed by atoms with van der Waals surface area (Å²) in [6, 6.07) is 13.9. The average Bonchev–Trinajstić information content (AvgIpc) is 2.61. The van der Waals surface area contributed by atoms with Crippen LogP contribution in [-0.4, -0.2) is 27.2 Å². The van der Waals surface area contributed by atoms with Crippen molar-refractivity contribution in [2.24, 2.45) is 0 Å². The number of sulfone groups is 1. The van der Waals surface area contributed by atoms with Crippen LogP contribution in [0.4, 0.5) is 0 Å². The summed E-state index contributed by atoms with van der Waals surface area (Å²) in [5.41, 5.74) is 1.67. The van der Waals surface area contributed by atoms with Crippen LogP contribution in [0.5, 0.6) is 5.75 Å². The Labute approximate surface area is 142 Å². The smallest absolute Gasteiger partial charge is 0.224 e. The Balaban J connectivity index is 1.94. The highest BCUT2D eigenvalue weighted by Crippen LogP contribution is 2.17. The van der Waals surface area contributed by atoms with Gasteiger partial charge in [0, 0.05) is 12.1 Å². The maximum absolute atomic E-state index is 12.1. The summed E-state index contributed by atoms with van der Waals surface area (Å²) in [5, 5.41) is 2.83. The summed E-state index contributed by atoms with van der Waals surface area (Å²) >= 11 is 0. The molecule has 1 N–H and O–H groups in total. The molecule has 0 radical (unpaired) electrons. The summed E-state index contributed by atoms with van der Waals surface area (Å²) in [7, 11) is -1.62. The van der Waals surface area contributed by atoms with Gasteiger partial charge >= 0.3 is 0 Å². The summed E-state index contributed by atoms with van der Waals surface area (Å²) in [6.45, 7) is 1.96. The third-order valence-electron chi connectivity index (χ3n) is 3.70. The molecule has 0 bridgehead atoms. The first kappa shape index (κ1) is 18.0. The first-order chi connectivity index (χ1) is 11.5. The minimum absolute atomic E-state index is 0.0714. The standard InChI is InChI=1S/C18H21NO4S/c1-3-24(21,22)16-10-8-14(9-11-16)13-19-18(20)12-15-6-4-5-7-17(15)23-2/h4-11H,3,12-13H2,1-2H3,(H,19,20). The van der Waals surface area contributed by atoms with Gasteiger partial charge in [-0.05, 0) is 23.8 Å². The molecule has 2 aromatic rings. The first-order valence-electron chi connectivity index (χ1n) is 7.66. The fourth-order valence-corrected chi connectivity index (χ4v) is 3.15. The van der Waals surface area contributed by atoms with Crippen LogP contribution in [0.2, 0.25) is 0 Å². The Kier molecular flexibility index (Phi) is 5.98. The van der Waals surface area contributed by atoms with Crippen LogP contribution in [0, 0.1) is 0 Å². The number of ether oxygens (including phenoxy) is 1. The van der Waals surface area contributed by atoms with E-state index < -0.39 is 9.84 Å². The minimum Gasteiger partial charge on any atom is -0.496 e. The maximum Gasteiger partial charge on any atom is 0.224 e. The fraction of sp³-hybridized carbons (Fsp3) is 0.278. The lowest BCUT2D eigenvalue weighted by atomic mass is 10.1. The summed E-state index contributed by atoms with van der Waals surface area (Å²) in [6.07, 6.45) is 0.228. The van der Waals surface area contributed by atoms with Gasteiger partial charge < -0.3 is 10.1 Å². The zero-order valence-corrected chi connectivity index (χ0v) is 14.6. The number of benzene rings is 2. The monoisotopic (exact) mass is 347 g/mol. The van der Waals surface area contributed by atoms with Crippen molar-refractivity contribution in [2.45, 2.75) is 24.8 Å². The van der Waals surface area contributed by atoms with E-state index in [-0.39, 0.29) is 18.1 Å². The third kappa shape index (κ3) is 4.58. The van der Waals surface area contributed by atoms with Gasteiger partial charge in [-0.1, -0.05) is 37.3 Å². The summed E-state index contributed by atoms with van der Waals surface area (Å²) in [5.74, 6) is 0.633. The quantitative estimate of drug-likeness (QED) is 0.834. The van der Waals surface area contributed by atoms with Crippen molar-refractivity contribution < 1.29 is 17.9 Å². The Hall–Kier alpha value is -2.34. The molecule has 1 amide bonds. The Bertz CT molecular complexity index is 798. The predicted octanol–water partition coefficient (Wildman–Crippen LogP) is 2.35. The lowest BCUT2D eigenvalue weighted by Gasteiger charge is -2.09. The Morgan fingerprint density at radius 1 is 1.08 bits per heavy atom. The molecule has 24 heavy (non-hydrogen) atoms. The maximum atomic E-state index is 12.1. The van der Waals surface area contributed by atoms with Crippen molar-refractivity contribution in [1.82, 2.24) is 5.32 Å². The van der Waals surface area contributed by atoms with Crippen molar-refractivity contribution in [3.8, 4) is 5.75 Å². The van der Waals surface area contributed by atoms with Crippen molar-refractivity contribution in [3.63, 3.8) is 0 Å². The summed E-state index contributed by atoms with van der Waals surface area (Å²) < 4.78 is 28.7. The zero-order chi connectivity index (χ0) is 17.6. The molecule has 0 aliphatic rings. The van der Waals surface area contributed by atoms with Gasteiger partial charge in [-0.3, -0.25) is 4.79 Å². The van der Waals surface area contributed by atoms with Crippen molar-refractivity contribution in [3.05, 3.63) is 59.7 Å². The second-order valence-corrected chi connectivity index (χ2v) is 7.59. The molecule has 2 rings (SSSR count). The van der Waals surface area contributed by atoms with Crippen LogP contribution in [-0.2, 0) is 27.6 Å². The van der Waals surface area contributed by atoms with Gasteiger partial charge in [0.15, 0.2) is 9.84 Å².